The van der Waals surface area contributed by atoms with E-state index in [1.165, 1.54) is 29.8 Å². The Morgan fingerprint density at radius 1 is 0.946 bits per heavy atom. The Morgan fingerprint density at radius 2 is 1.59 bits per heavy atom. The molecule has 0 bridgehead atoms. The molecule has 3 aromatic carbocycles. The number of carbonyl (C=O) groups is 1. The number of aromatic nitrogens is 2. The van der Waals surface area contributed by atoms with Gasteiger partial charge in [0.1, 0.15) is 5.75 Å². The first-order valence-corrected chi connectivity index (χ1v) is 12.8. The number of carbonyl (C=O) groups excluding carboxylic acids is 1. The summed E-state index contributed by atoms with van der Waals surface area (Å²) in [5.74, 6) is 0.351. The minimum absolute atomic E-state index is 0.0603. The van der Waals surface area contributed by atoms with Crippen molar-refractivity contribution >= 4 is 26.8 Å². The summed E-state index contributed by atoms with van der Waals surface area (Å²) in [4.78, 5) is 39.1. The molecule has 0 spiro atoms. The number of nitrogens with one attached hydrogen (secondary N) is 2. The number of rotatable bonds is 8. The van der Waals surface area contributed by atoms with Gasteiger partial charge in [-0.3, -0.25) is 18.7 Å². The SMILES string of the molecule is CNS(=O)(=O)c1ccc(Cn2c(=O)c3cc(C(=O)NCc4ccc(OC)cc4)ccc3n(C)c2=O)cc1. The molecule has 1 heterocycles. The van der Waals surface area contributed by atoms with Gasteiger partial charge in [0.05, 0.1) is 29.5 Å². The molecule has 1 aromatic heterocycles. The average molecular weight is 523 g/mol. The van der Waals surface area contributed by atoms with Crippen LogP contribution in [0.1, 0.15) is 21.5 Å². The molecule has 37 heavy (non-hydrogen) atoms. The van der Waals surface area contributed by atoms with Crippen molar-refractivity contribution in [3.05, 3.63) is 104 Å². The fourth-order valence-electron chi connectivity index (χ4n) is 3.90. The molecule has 192 valence electrons. The first-order valence-electron chi connectivity index (χ1n) is 11.3. The van der Waals surface area contributed by atoms with Crippen LogP contribution in [-0.4, -0.2) is 37.6 Å². The topological polar surface area (TPSA) is 128 Å². The first kappa shape index (κ1) is 25.9. The lowest BCUT2D eigenvalue weighted by molar-refractivity contribution is 0.0951. The Morgan fingerprint density at radius 3 is 2.22 bits per heavy atom. The highest BCUT2D eigenvalue weighted by Gasteiger charge is 2.15. The van der Waals surface area contributed by atoms with Crippen LogP contribution in [0.4, 0.5) is 0 Å². The smallest absolute Gasteiger partial charge is 0.331 e. The monoisotopic (exact) mass is 522 g/mol. The van der Waals surface area contributed by atoms with Gasteiger partial charge in [-0.05, 0) is 60.6 Å². The van der Waals surface area contributed by atoms with E-state index in [4.69, 9.17) is 4.74 Å². The maximum atomic E-state index is 13.3. The molecule has 2 N–H and O–H groups in total. The van der Waals surface area contributed by atoms with E-state index >= 15 is 0 Å². The second-order valence-corrected chi connectivity index (χ2v) is 10.2. The van der Waals surface area contributed by atoms with Gasteiger partial charge < -0.3 is 10.1 Å². The molecule has 0 aliphatic rings. The van der Waals surface area contributed by atoms with Crippen LogP contribution >= 0.6 is 0 Å². The van der Waals surface area contributed by atoms with E-state index in [0.717, 1.165) is 10.1 Å². The highest BCUT2D eigenvalue weighted by Crippen LogP contribution is 2.14. The second kappa shape index (κ2) is 10.4. The number of fused-ring (bicyclic) bond motifs is 1. The van der Waals surface area contributed by atoms with Crippen LogP contribution in [0.25, 0.3) is 10.9 Å². The predicted octanol–water partition coefficient (Wildman–Crippen LogP) is 1.60. The van der Waals surface area contributed by atoms with E-state index in [-0.39, 0.29) is 34.8 Å². The van der Waals surface area contributed by atoms with Crippen LogP contribution in [0.15, 0.2) is 81.2 Å². The zero-order valence-corrected chi connectivity index (χ0v) is 21.3. The van der Waals surface area contributed by atoms with Crippen LogP contribution in [0, 0.1) is 0 Å². The van der Waals surface area contributed by atoms with Crippen molar-refractivity contribution in [1.82, 2.24) is 19.2 Å². The number of amides is 1. The lowest BCUT2D eigenvalue weighted by Gasteiger charge is -2.12. The number of sulfonamides is 1. The van der Waals surface area contributed by atoms with E-state index in [2.05, 4.69) is 10.0 Å². The highest BCUT2D eigenvalue weighted by molar-refractivity contribution is 7.89. The minimum atomic E-state index is -3.61. The van der Waals surface area contributed by atoms with Crippen molar-refractivity contribution in [1.29, 1.82) is 0 Å². The zero-order valence-electron chi connectivity index (χ0n) is 20.5. The number of hydrogen-bond acceptors (Lipinski definition) is 6. The fraction of sp³-hybridized carbons (Fsp3) is 0.192. The third-order valence-corrected chi connectivity index (χ3v) is 7.50. The largest absolute Gasteiger partial charge is 0.497 e. The molecule has 0 atom stereocenters. The van der Waals surface area contributed by atoms with Crippen molar-refractivity contribution in [2.75, 3.05) is 14.2 Å². The Labute approximate surface area is 213 Å². The van der Waals surface area contributed by atoms with Gasteiger partial charge >= 0.3 is 5.69 Å². The van der Waals surface area contributed by atoms with Gasteiger partial charge in [-0.25, -0.2) is 17.9 Å². The number of benzene rings is 3. The average Bonchev–Trinajstić information content (AvgIpc) is 2.93. The molecular weight excluding hydrogens is 496 g/mol. The maximum Gasteiger partial charge on any atom is 0.331 e. The first-order chi connectivity index (χ1) is 17.6. The van der Waals surface area contributed by atoms with Crippen LogP contribution in [-0.2, 0) is 30.2 Å². The second-order valence-electron chi connectivity index (χ2n) is 8.35. The molecule has 4 aromatic rings. The van der Waals surface area contributed by atoms with Crippen molar-refractivity contribution in [2.45, 2.75) is 18.0 Å². The van der Waals surface area contributed by atoms with E-state index < -0.39 is 21.3 Å². The van der Waals surface area contributed by atoms with Crippen molar-refractivity contribution in [3.8, 4) is 5.75 Å². The Balaban J connectivity index is 1.62. The molecule has 11 heteroatoms. The zero-order chi connectivity index (χ0) is 26.7. The van der Waals surface area contributed by atoms with Gasteiger partial charge in [0, 0.05) is 19.2 Å². The van der Waals surface area contributed by atoms with E-state index in [0.29, 0.717) is 16.8 Å². The molecule has 0 saturated carbocycles. The molecule has 10 nitrogen and oxygen atoms in total. The summed E-state index contributed by atoms with van der Waals surface area (Å²) >= 11 is 0. The number of nitrogens with zero attached hydrogens (tertiary/aromatic N) is 2. The Hall–Kier alpha value is -4.22. The van der Waals surface area contributed by atoms with Gasteiger partial charge in [-0.1, -0.05) is 24.3 Å². The predicted molar refractivity (Wildman–Crippen MR) is 139 cm³/mol. The Bertz CT molecular complexity index is 1690. The summed E-state index contributed by atoms with van der Waals surface area (Å²) in [7, 11) is 0.834. The number of aryl methyl sites for hydroxylation is 1. The lowest BCUT2D eigenvalue weighted by atomic mass is 10.1. The summed E-state index contributed by atoms with van der Waals surface area (Å²) in [5, 5.41) is 3.04. The molecule has 4 rings (SSSR count). The highest BCUT2D eigenvalue weighted by atomic mass is 32.2. The molecule has 0 aliphatic heterocycles. The van der Waals surface area contributed by atoms with Gasteiger partial charge in [-0.2, -0.15) is 0 Å². The summed E-state index contributed by atoms with van der Waals surface area (Å²) < 4.78 is 33.7. The van der Waals surface area contributed by atoms with E-state index in [1.54, 1.807) is 50.6 Å². The summed E-state index contributed by atoms with van der Waals surface area (Å²) in [6.45, 7) is 0.229. The van der Waals surface area contributed by atoms with Crippen molar-refractivity contribution in [2.24, 2.45) is 7.05 Å². The van der Waals surface area contributed by atoms with Gasteiger partial charge in [0.2, 0.25) is 10.0 Å². The molecule has 0 aliphatic carbocycles. The molecule has 0 unspecified atom stereocenters. The van der Waals surface area contributed by atoms with E-state index in [1.807, 2.05) is 12.1 Å². The molecule has 1 amide bonds. The quantitative estimate of drug-likeness (QED) is 0.362. The van der Waals surface area contributed by atoms with Crippen LogP contribution in [0.5, 0.6) is 5.75 Å². The maximum absolute atomic E-state index is 13.3. The summed E-state index contributed by atoms with van der Waals surface area (Å²) in [6, 6.07) is 17.8. The third kappa shape index (κ3) is 5.32. The summed E-state index contributed by atoms with van der Waals surface area (Å²) in [6.07, 6.45) is 0. The van der Waals surface area contributed by atoms with Crippen LogP contribution in [0.3, 0.4) is 0 Å². The fourth-order valence-corrected chi connectivity index (χ4v) is 4.63. The lowest BCUT2D eigenvalue weighted by Crippen LogP contribution is -2.39. The Kier molecular flexibility index (Phi) is 7.28. The van der Waals surface area contributed by atoms with Gasteiger partial charge in [0.25, 0.3) is 11.5 Å². The molecular formula is C26H26N4O6S. The molecule has 0 saturated heterocycles. The van der Waals surface area contributed by atoms with Crippen LogP contribution in [0.2, 0.25) is 0 Å². The number of methoxy groups -OCH3 is 1. The normalized spacial score (nSPS) is 11.4. The van der Waals surface area contributed by atoms with Crippen molar-refractivity contribution in [3.63, 3.8) is 0 Å². The minimum Gasteiger partial charge on any atom is -0.497 e. The number of hydrogen-bond donors (Lipinski definition) is 2. The number of ether oxygens (including phenoxy) is 1. The third-order valence-electron chi connectivity index (χ3n) is 6.07. The van der Waals surface area contributed by atoms with E-state index in [9.17, 15) is 22.8 Å². The molecule has 0 radical (unpaired) electrons. The van der Waals surface area contributed by atoms with Gasteiger partial charge in [-0.15, -0.1) is 0 Å². The standard InChI is InChI=1S/C26H26N4O6S/c1-27-37(34,35)21-11-6-18(7-12-21)16-30-25(32)22-14-19(8-13-23(22)29(2)26(30)33)24(31)28-15-17-4-9-20(36-3)10-5-17/h4-14,27H,15-16H2,1-3H3,(H,28,31). The van der Waals surface area contributed by atoms with Crippen molar-refractivity contribution < 1.29 is 17.9 Å². The molecule has 0 fully saturated rings. The van der Waals surface area contributed by atoms with Gasteiger partial charge in [0.15, 0.2) is 0 Å². The summed E-state index contributed by atoms with van der Waals surface area (Å²) in [5.41, 5.74) is 1.06. The van der Waals surface area contributed by atoms with Crippen LogP contribution < -0.4 is 26.0 Å².